The lowest BCUT2D eigenvalue weighted by Crippen LogP contribution is -2.30. The van der Waals surface area contributed by atoms with E-state index in [9.17, 15) is 13.5 Å². The van der Waals surface area contributed by atoms with Crippen LogP contribution in [0.4, 0.5) is 0 Å². The van der Waals surface area contributed by atoms with Crippen LogP contribution < -0.4 is 14.2 Å². The number of aliphatic hydroxyl groups is 1. The number of unbranched alkanes of at least 4 members (excludes halogenated alkanes) is 1. The largest absolute Gasteiger partial charge is 0.493 e. The number of nitrogens with one attached hydrogen (secondary N) is 1. The molecule has 0 heterocycles. The van der Waals surface area contributed by atoms with Crippen molar-refractivity contribution >= 4 is 10.0 Å². The molecule has 0 fully saturated rings. The van der Waals surface area contributed by atoms with Crippen LogP contribution in [0.3, 0.4) is 0 Å². The van der Waals surface area contributed by atoms with E-state index in [1.807, 2.05) is 24.3 Å². The first-order valence-electron chi connectivity index (χ1n) is 9.81. The Balaban J connectivity index is 1.91. The molecule has 0 amide bonds. The van der Waals surface area contributed by atoms with Gasteiger partial charge in [-0.3, -0.25) is 0 Å². The molecule has 0 aromatic heterocycles. The summed E-state index contributed by atoms with van der Waals surface area (Å²) in [6.07, 6.45) is 1.31. The number of sulfonamides is 1. The zero-order chi connectivity index (χ0) is 21.4. The molecule has 7 heteroatoms. The van der Waals surface area contributed by atoms with E-state index >= 15 is 0 Å². The van der Waals surface area contributed by atoms with Gasteiger partial charge >= 0.3 is 0 Å². The smallest absolute Gasteiger partial charge is 0.241 e. The molecule has 1 unspecified atom stereocenters. The van der Waals surface area contributed by atoms with E-state index in [2.05, 4.69) is 4.72 Å². The number of aryl methyl sites for hydroxylation is 1. The van der Waals surface area contributed by atoms with Gasteiger partial charge in [0.05, 0.1) is 24.7 Å². The standard InChI is InChI=1S/C22H31NO5S/c1-16(2)23-29(25,26)22-15-18(13-12-17(22)3)19(24)9-7-8-14-28-21-11-6-5-10-20(21)27-4/h5-6,10-13,15-16,19,23-24H,7-9,14H2,1-4H3. The molecule has 160 valence electrons. The van der Waals surface area contributed by atoms with Gasteiger partial charge in [0, 0.05) is 6.04 Å². The molecule has 2 aromatic carbocycles. The van der Waals surface area contributed by atoms with Crippen molar-refractivity contribution in [3.63, 3.8) is 0 Å². The molecule has 2 rings (SSSR count). The van der Waals surface area contributed by atoms with Gasteiger partial charge < -0.3 is 14.6 Å². The van der Waals surface area contributed by atoms with E-state index in [1.165, 1.54) is 0 Å². The molecule has 0 bridgehead atoms. The first-order chi connectivity index (χ1) is 13.7. The van der Waals surface area contributed by atoms with Crippen molar-refractivity contribution in [3.8, 4) is 11.5 Å². The fraction of sp³-hybridized carbons (Fsp3) is 0.455. The highest BCUT2D eigenvalue weighted by Crippen LogP contribution is 2.27. The first-order valence-corrected chi connectivity index (χ1v) is 11.3. The predicted octanol–water partition coefficient (Wildman–Crippen LogP) is 3.97. The van der Waals surface area contributed by atoms with Gasteiger partial charge in [-0.1, -0.05) is 24.3 Å². The van der Waals surface area contributed by atoms with Crippen LogP contribution in [-0.2, 0) is 10.0 Å². The van der Waals surface area contributed by atoms with E-state index in [-0.39, 0.29) is 10.9 Å². The fourth-order valence-electron chi connectivity index (χ4n) is 3.01. The molecule has 0 aliphatic carbocycles. The average Bonchev–Trinajstić information content (AvgIpc) is 2.67. The number of ether oxygens (including phenoxy) is 2. The molecular weight excluding hydrogens is 390 g/mol. The van der Waals surface area contributed by atoms with Crippen molar-refractivity contribution < 1.29 is 23.0 Å². The quantitative estimate of drug-likeness (QED) is 0.536. The molecule has 0 aliphatic heterocycles. The maximum absolute atomic E-state index is 12.5. The summed E-state index contributed by atoms with van der Waals surface area (Å²) < 4.78 is 38.6. The maximum Gasteiger partial charge on any atom is 0.241 e. The summed E-state index contributed by atoms with van der Waals surface area (Å²) >= 11 is 0. The normalized spacial score (nSPS) is 12.8. The van der Waals surface area contributed by atoms with Crippen molar-refractivity contribution in [1.29, 1.82) is 0 Å². The van der Waals surface area contributed by atoms with Crippen LogP contribution in [0.5, 0.6) is 11.5 Å². The summed E-state index contributed by atoms with van der Waals surface area (Å²) in [5, 5.41) is 10.5. The minimum absolute atomic E-state index is 0.198. The molecule has 2 aromatic rings. The lowest BCUT2D eigenvalue weighted by atomic mass is 10.0. The molecule has 0 spiro atoms. The van der Waals surface area contributed by atoms with Crippen LogP contribution in [0.25, 0.3) is 0 Å². The van der Waals surface area contributed by atoms with Crippen molar-refractivity contribution in [2.24, 2.45) is 0 Å². The fourth-order valence-corrected chi connectivity index (χ4v) is 4.54. The van der Waals surface area contributed by atoms with Crippen molar-refractivity contribution in [1.82, 2.24) is 4.72 Å². The number of hydrogen-bond acceptors (Lipinski definition) is 5. The second-order valence-corrected chi connectivity index (χ2v) is 8.99. The Bertz CT molecular complexity index is 896. The number of para-hydroxylation sites is 2. The lowest BCUT2D eigenvalue weighted by Gasteiger charge is -2.16. The third-order valence-corrected chi connectivity index (χ3v) is 6.28. The molecule has 0 aliphatic rings. The van der Waals surface area contributed by atoms with E-state index in [1.54, 1.807) is 46.1 Å². The SMILES string of the molecule is COc1ccccc1OCCCCC(O)c1ccc(C)c(S(=O)(=O)NC(C)C)c1. The molecule has 6 nitrogen and oxygen atoms in total. The highest BCUT2D eigenvalue weighted by molar-refractivity contribution is 7.89. The summed E-state index contributed by atoms with van der Waals surface area (Å²) in [5.74, 6) is 1.39. The van der Waals surface area contributed by atoms with Crippen molar-refractivity contribution in [2.45, 2.75) is 57.1 Å². The summed E-state index contributed by atoms with van der Waals surface area (Å²) in [6, 6.07) is 12.3. The Morgan fingerprint density at radius 3 is 2.41 bits per heavy atom. The van der Waals surface area contributed by atoms with Gasteiger partial charge in [-0.2, -0.15) is 0 Å². The number of benzene rings is 2. The van der Waals surface area contributed by atoms with Gasteiger partial charge in [0.25, 0.3) is 0 Å². The monoisotopic (exact) mass is 421 g/mol. The number of rotatable bonds is 11. The minimum atomic E-state index is -3.61. The Kier molecular flexibility index (Phi) is 8.49. The van der Waals surface area contributed by atoms with Crippen molar-refractivity contribution in [3.05, 3.63) is 53.6 Å². The molecular formula is C22H31NO5S. The van der Waals surface area contributed by atoms with Crippen LogP contribution in [0.2, 0.25) is 0 Å². The van der Waals surface area contributed by atoms with Crippen LogP contribution >= 0.6 is 0 Å². The molecule has 1 atom stereocenters. The third kappa shape index (κ3) is 6.73. The highest BCUT2D eigenvalue weighted by atomic mass is 32.2. The molecule has 0 radical (unpaired) electrons. The van der Waals surface area contributed by atoms with Gasteiger partial charge in [-0.25, -0.2) is 13.1 Å². The average molecular weight is 422 g/mol. The van der Waals surface area contributed by atoms with Gasteiger partial charge in [0.2, 0.25) is 10.0 Å². The summed E-state index contributed by atoms with van der Waals surface area (Å²) in [6.45, 7) is 5.82. The van der Waals surface area contributed by atoms with Crippen LogP contribution in [-0.4, -0.2) is 33.3 Å². The molecule has 2 N–H and O–H groups in total. The first kappa shape index (κ1) is 23.2. The number of methoxy groups -OCH3 is 1. The topological polar surface area (TPSA) is 84.9 Å². The second kappa shape index (κ2) is 10.6. The zero-order valence-corrected chi connectivity index (χ0v) is 18.3. The summed E-state index contributed by atoms with van der Waals surface area (Å²) in [7, 11) is -2.00. The van der Waals surface area contributed by atoms with Crippen LogP contribution in [0.1, 0.15) is 50.3 Å². The van der Waals surface area contributed by atoms with E-state index < -0.39 is 16.1 Å². The van der Waals surface area contributed by atoms with Gasteiger partial charge in [0.1, 0.15) is 0 Å². The van der Waals surface area contributed by atoms with Crippen molar-refractivity contribution in [2.75, 3.05) is 13.7 Å². The van der Waals surface area contributed by atoms with Crippen LogP contribution in [0.15, 0.2) is 47.4 Å². The molecule has 29 heavy (non-hydrogen) atoms. The molecule has 0 saturated heterocycles. The summed E-state index contributed by atoms with van der Waals surface area (Å²) in [5.41, 5.74) is 1.25. The maximum atomic E-state index is 12.5. The highest BCUT2D eigenvalue weighted by Gasteiger charge is 2.20. The van der Waals surface area contributed by atoms with Gasteiger partial charge in [-0.15, -0.1) is 0 Å². The van der Waals surface area contributed by atoms with E-state index in [4.69, 9.17) is 9.47 Å². The van der Waals surface area contributed by atoms with Crippen LogP contribution in [0, 0.1) is 6.92 Å². The van der Waals surface area contributed by atoms with E-state index in [0.717, 1.165) is 12.8 Å². The number of aliphatic hydroxyl groups excluding tert-OH is 1. The Morgan fingerprint density at radius 1 is 1.07 bits per heavy atom. The number of hydrogen-bond donors (Lipinski definition) is 2. The zero-order valence-electron chi connectivity index (χ0n) is 17.5. The Labute approximate surface area is 173 Å². The molecule has 0 saturated carbocycles. The van der Waals surface area contributed by atoms with E-state index in [0.29, 0.717) is 35.7 Å². The Hall–Kier alpha value is -2.09. The Morgan fingerprint density at radius 2 is 1.76 bits per heavy atom. The lowest BCUT2D eigenvalue weighted by molar-refractivity contribution is 0.160. The third-order valence-electron chi connectivity index (χ3n) is 4.48. The predicted molar refractivity (Wildman–Crippen MR) is 114 cm³/mol. The minimum Gasteiger partial charge on any atom is -0.493 e. The second-order valence-electron chi connectivity index (χ2n) is 7.31. The van der Waals surface area contributed by atoms with Gasteiger partial charge in [-0.05, 0) is 69.4 Å². The summed E-state index contributed by atoms with van der Waals surface area (Å²) in [4.78, 5) is 0.210. The van der Waals surface area contributed by atoms with Gasteiger partial charge in [0.15, 0.2) is 11.5 Å².